The van der Waals surface area contributed by atoms with E-state index in [-0.39, 0.29) is 49.1 Å². The molecule has 0 aromatic carbocycles. The van der Waals surface area contributed by atoms with E-state index < -0.39 is 18.1 Å². The van der Waals surface area contributed by atoms with E-state index in [0.717, 1.165) is 44.9 Å². The number of allylic oxidation sites excluding steroid dienone is 6. The summed E-state index contributed by atoms with van der Waals surface area (Å²) in [4.78, 5) is 36.6. The second kappa shape index (κ2) is 36.5. The van der Waals surface area contributed by atoms with Gasteiger partial charge in [0.05, 0.1) is 40.3 Å². The zero-order valence-electron chi connectivity index (χ0n) is 34.9. The number of esters is 2. The fraction of sp³-hybridized carbons (Fsp3) is 0.800. The molecule has 308 valence electrons. The van der Waals surface area contributed by atoms with Crippen LogP contribution in [0.2, 0.25) is 0 Å². The lowest BCUT2D eigenvalue weighted by atomic mass is 10.0. The van der Waals surface area contributed by atoms with Crippen molar-refractivity contribution >= 4 is 17.9 Å². The highest BCUT2D eigenvalue weighted by Gasteiger charge is 2.25. The molecule has 0 bridgehead atoms. The summed E-state index contributed by atoms with van der Waals surface area (Å²) in [5.41, 5.74) is 0. The van der Waals surface area contributed by atoms with Crippen molar-refractivity contribution in [2.24, 2.45) is 0 Å². The van der Waals surface area contributed by atoms with E-state index in [1.165, 1.54) is 96.3 Å². The summed E-state index contributed by atoms with van der Waals surface area (Å²) in [6, 6.07) is -0.728. The first kappa shape index (κ1) is 50.5. The molecule has 0 aliphatic rings. The van der Waals surface area contributed by atoms with Gasteiger partial charge in [-0.15, -0.1) is 0 Å². The third-order valence-electron chi connectivity index (χ3n) is 9.52. The fourth-order valence-corrected chi connectivity index (χ4v) is 6.18. The van der Waals surface area contributed by atoms with E-state index in [1.807, 2.05) is 6.08 Å². The van der Waals surface area contributed by atoms with Crippen LogP contribution in [0, 0.1) is 0 Å². The van der Waals surface area contributed by atoms with Crippen molar-refractivity contribution in [3.05, 3.63) is 36.5 Å². The lowest BCUT2D eigenvalue weighted by Gasteiger charge is -2.34. The second-order valence-corrected chi connectivity index (χ2v) is 15.5. The van der Waals surface area contributed by atoms with E-state index in [0.29, 0.717) is 12.8 Å². The molecule has 0 radical (unpaired) electrons. The van der Waals surface area contributed by atoms with Crippen molar-refractivity contribution in [3.8, 4) is 0 Å². The van der Waals surface area contributed by atoms with Gasteiger partial charge in [0.25, 0.3) is 0 Å². The monoisotopic (exact) mass is 748 g/mol. The number of hydrogen-bond donors (Lipinski definition) is 0. The Morgan fingerprint density at radius 1 is 0.585 bits per heavy atom. The van der Waals surface area contributed by atoms with E-state index >= 15 is 0 Å². The van der Waals surface area contributed by atoms with Crippen LogP contribution in [0.1, 0.15) is 181 Å². The van der Waals surface area contributed by atoms with Gasteiger partial charge < -0.3 is 28.6 Å². The molecule has 0 aromatic heterocycles. The topological polar surface area (TPSA) is 102 Å². The van der Waals surface area contributed by atoms with Gasteiger partial charge in [0.15, 0.2) is 6.10 Å². The number of carbonyl (C=O) groups excluding carboxylic acids is 3. The van der Waals surface area contributed by atoms with Crippen LogP contribution in [0.3, 0.4) is 0 Å². The smallest absolute Gasteiger partial charge is 0.306 e. The number of rotatable bonds is 38. The first-order valence-electron chi connectivity index (χ1n) is 21.5. The lowest BCUT2D eigenvalue weighted by Crippen LogP contribution is -2.55. The minimum Gasteiger partial charge on any atom is -0.544 e. The van der Waals surface area contributed by atoms with Gasteiger partial charge in [-0.05, 0) is 51.4 Å². The molecule has 53 heavy (non-hydrogen) atoms. The van der Waals surface area contributed by atoms with E-state index in [1.54, 1.807) is 21.1 Å². The van der Waals surface area contributed by atoms with Gasteiger partial charge in [0.2, 0.25) is 0 Å². The Kier molecular flexibility index (Phi) is 34.8. The van der Waals surface area contributed by atoms with Gasteiger partial charge in [-0.25, -0.2) is 0 Å². The van der Waals surface area contributed by atoms with Crippen LogP contribution in [0.4, 0.5) is 0 Å². The molecule has 0 aliphatic heterocycles. The number of unbranched alkanes of at least 4 members (excludes halogenated alkanes) is 18. The summed E-state index contributed by atoms with van der Waals surface area (Å²) in [5.74, 6) is -1.80. The molecule has 0 heterocycles. The summed E-state index contributed by atoms with van der Waals surface area (Å²) < 4.78 is 17.0. The number of aliphatic carboxylic acids is 1. The molecule has 0 aliphatic carbocycles. The van der Waals surface area contributed by atoms with Crippen molar-refractivity contribution < 1.29 is 38.2 Å². The van der Waals surface area contributed by atoms with Crippen LogP contribution in [0.5, 0.6) is 0 Å². The summed E-state index contributed by atoms with van der Waals surface area (Å²) in [6.07, 6.45) is 40.6. The van der Waals surface area contributed by atoms with Crippen LogP contribution >= 0.6 is 0 Å². The average molecular weight is 748 g/mol. The fourth-order valence-electron chi connectivity index (χ4n) is 6.18. The Bertz CT molecular complexity index is 968. The predicted molar refractivity (Wildman–Crippen MR) is 217 cm³/mol. The maximum absolute atomic E-state index is 12.6. The Morgan fingerprint density at radius 3 is 1.64 bits per heavy atom. The van der Waals surface area contributed by atoms with Crippen LogP contribution in [-0.4, -0.2) is 75.5 Å². The van der Waals surface area contributed by atoms with Crippen molar-refractivity contribution in [1.82, 2.24) is 0 Å². The molecule has 0 rings (SSSR count). The molecule has 0 fully saturated rings. The molecule has 0 amide bonds. The van der Waals surface area contributed by atoms with Crippen molar-refractivity contribution in [3.63, 3.8) is 0 Å². The second-order valence-electron chi connectivity index (χ2n) is 15.5. The number of carboxylic acids is 1. The van der Waals surface area contributed by atoms with Gasteiger partial charge in [-0.3, -0.25) is 9.59 Å². The van der Waals surface area contributed by atoms with E-state index in [9.17, 15) is 19.5 Å². The van der Waals surface area contributed by atoms with Crippen LogP contribution < -0.4 is 5.11 Å². The zero-order chi connectivity index (χ0) is 39.3. The minimum atomic E-state index is -1.13. The predicted octanol–water partition coefficient (Wildman–Crippen LogP) is 10.1. The maximum atomic E-state index is 12.6. The van der Waals surface area contributed by atoms with Crippen LogP contribution in [0.25, 0.3) is 0 Å². The largest absolute Gasteiger partial charge is 0.544 e. The maximum Gasteiger partial charge on any atom is 0.306 e. The molecular weight excluding hydrogens is 666 g/mol. The first-order valence-corrected chi connectivity index (χ1v) is 21.5. The molecule has 2 atom stereocenters. The number of carboxylic acid groups (broad SMARTS) is 1. The zero-order valence-corrected chi connectivity index (χ0v) is 34.9. The molecular formula is C45H81NO7. The van der Waals surface area contributed by atoms with Gasteiger partial charge in [0.1, 0.15) is 12.6 Å². The summed E-state index contributed by atoms with van der Waals surface area (Å²) in [6.45, 7) is 4.47. The summed E-state index contributed by atoms with van der Waals surface area (Å²) >= 11 is 0. The SMILES string of the molecule is CC/C=C/C/C=C/CCCCCCCCCCCCCCCCC(=O)OCC(COCCC(C(=O)[O-])[N+](C)(C)C)OC(=O)CC/C=C/CCCCCC. The Labute approximate surface area is 325 Å². The summed E-state index contributed by atoms with van der Waals surface area (Å²) in [5, 5.41) is 11.6. The van der Waals surface area contributed by atoms with Gasteiger partial charge >= 0.3 is 11.9 Å². The van der Waals surface area contributed by atoms with E-state index in [2.05, 4.69) is 44.2 Å². The first-order chi connectivity index (χ1) is 25.6. The molecule has 8 heteroatoms. The molecule has 0 saturated heterocycles. The molecule has 0 saturated carbocycles. The Hall–Kier alpha value is -2.45. The third kappa shape index (κ3) is 35.0. The lowest BCUT2D eigenvalue weighted by molar-refractivity contribution is -0.889. The van der Waals surface area contributed by atoms with Crippen molar-refractivity contribution in [1.29, 1.82) is 0 Å². The van der Waals surface area contributed by atoms with E-state index in [4.69, 9.17) is 14.2 Å². The van der Waals surface area contributed by atoms with Crippen molar-refractivity contribution in [2.75, 3.05) is 41.0 Å². The number of quaternary nitrogens is 1. The highest BCUT2D eigenvalue weighted by Crippen LogP contribution is 2.15. The van der Waals surface area contributed by atoms with Gasteiger partial charge in [0, 0.05) is 19.3 Å². The number of carbonyl (C=O) groups is 3. The number of likely N-dealkylation sites (N-methyl/N-ethyl adjacent to an activating group) is 1. The van der Waals surface area contributed by atoms with Gasteiger partial charge in [-0.1, -0.05) is 147 Å². The quantitative estimate of drug-likeness (QED) is 0.0268. The molecule has 0 aromatic rings. The number of ether oxygens (including phenoxy) is 3. The average Bonchev–Trinajstić information content (AvgIpc) is 3.11. The molecule has 0 N–H and O–H groups in total. The highest BCUT2D eigenvalue weighted by molar-refractivity contribution is 5.70. The van der Waals surface area contributed by atoms with Crippen LogP contribution in [-0.2, 0) is 28.6 Å². The molecule has 8 nitrogen and oxygen atoms in total. The van der Waals surface area contributed by atoms with Gasteiger partial charge in [-0.2, -0.15) is 0 Å². The molecule has 0 spiro atoms. The molecule has 2 unspecified atom stereocenters. The Balaban J connectivity index is 4.17. The normalized spacial score (nSPS) is 13.3. The number of hydrogen-bond acceptors (Lipinski definition) is 7. The van der Waals surface area contributed by atoms with Crippen molar-refractivity contribution in [2.45, 2.75) is 193 Å². The minimum absolute atomic E-state index is 0.0268. The Morgan fingerprint density at radius 2 is 1.09 bits per heavy atom. The third-order valence-corrected chi connectivity index (χ3v) is 9.52. The summed E-state index contributed by atoms with van der Waals surface area (Å²) in [7, 11) is 5.39. The number of nitrogens with zero attached hydrogens (tertiary/aromatic N) is 1. The standard InChI is InChI=1S/C45H81NO7/c1-6-8-10-12-14-16-17-18-19-20-21-22-23-24-25-26-27-28-30-31-33-35-43(47)52-40-41(39-51-38-37-42(45(49)50)46(3,4)5)53-44(48)36-34-32-29-15-13-11-9-7-2/h8,10,14,16,29,32,41-42H,6-7,9,11-13,15,17-28,30-31,33-40H2,1-5H3/b10-8+,16-14+,32-29+. The highest BCUT2D eigenvalue weighted by atomic mass is 16.6. The van der Waals surface area contributed by atoms with Crippen LogP contribution in [0.15, 0.2) is 36.5 Å².